The molecule has 0 unspecified atom stereocenters. The van der Waals surface area contributed by atoms with Crippen molar-refractivity contribution in [2.45, 2.75) is 25.3 Å². The van der Waals surface area contributed by atoms with E-state index in [1.165, 1.54) is 25.0 Å². The Morgan fingerprint density at radius 3 is 2.67 bits per heavy atom. The third kappa shape index (κ3) is 2.22. The second kappa shape index (κ2) is 4.21. The minimum Gasteiger partial charge on any atom is -0.258 e. The summed E-state index contributed by atoms with van der Waals surface area (Å²) in [4.78, 5) is 10.1. The normalized spacial score (nSPS) is 14.7. The Morgan fingerprint density at radius 1 is 1.33 bits per heavy atom. The molecular weight excluding hydrogens is 232 g/mol. The van der Waals surface area contributed by atoms with Gasteiger partial charge in [0.25, 0.3) is 5.69 Å². The molecule has 0 atom stereocenters. The maximum absolute atomic E-state index is 10.5. The van der Waals surface area contributed by atoms with Crippen molar-refractivity contribution in [3.63, 3.8) is 0 Å². The molecule has 1 fully saturated rings. The van der Waals surface area contributed by atoms with E-state index in [4.69, 9.17) is 0 Å². The summed E-state index contributed by atoms with van der Waals surface area (Å²) in [6, 6.07) is 6.51. The van der Waals surface area contributed by atoms with Gasteiger partial charge in [0.15, 0.2) is 0 Å². The Kier molecular flexibility index (Phi) is 2.55. The zero-order valence-corrected chi connectivity index (χ0v) is 9.69. The van der Waals surface area contributed by atoms with Crippen LogP contribution in [0.3, 0.4) is 0 Å². The SMILES string of the molecule is O=[N+]([O-])c1ccc(Cn2cc(C3CC3)nn2)cc1. The van der Waals surface area contributed by atoms with Crippen LogP contribution >= 0.6 is 0 Å². The molecular formula is C12H12N4O2. The molecule has 0 N–H and O–H groups in total. The molecule has 1 aliphatic carbocycles. The van der Waals surface area contributed by atoms with Crippen molar-refractivity contribution >= 4 is 5.69 Å². The van der Waals surface area contributed by atoms with Crippen molar-refractivity contribution in [3.8, 4) is 0 Å². The number of rotatable bonds is 4. The van der Waals surface area contributed by atoms with Gasteiger partial charge in [-0.15, -0.1) is 5.10 Å². The topological polar surface area (TPSA) is 73.8 Å². The molecule has 18 heavy (non-hydrogen) atoms. The number of benzene rings is 1. The second-order valence-electron chi connectivity index (χ2n) is 4.54. The molecule has 1 heterocycles. The molecule has 1 aromatic carbocycles. The van der Waals surface area contributed by atoms with E-state index < -0.39 is 4.92 Å². The molecule has 0 spiro atoms. The third-order valence-electron chi connectivity index (χ3n) is 3.04. The Morgan fingerprint density at radius 2 is 2.06 bits per heavy atom. The summed E-state index contributed by atoms with van der Waals surface area (Å²) in [5.41, 5.74) is 2.14. The van der Waals surface area contributed by atoms with E-state index in [0.29, 0.717) is 12.5 Å². The van der Waals surface area contributed by atoms with Gasteiger partial charge >= 0.3 is 0 Å². The molecule has 0 bridgehead atoms. The van der Waals surface area contributed by atoms with Gasteiger partial charge in [0.05, 0.1) is 17.2 Å². The Labute approximate surface area is 103 Å². The summed E-state index contributed by atoms with van der Waals surface area (Å²) in [5.74, 6) is 0.593. The Hall–Kier alpha value is -2.24. The summed E-state index contributed by atoms with van der Waals surface area (Å²) >= 11 is 0. The number of nitro benzene ring substituents is 1. The van der Waals surface area contributed by atoms with E-state index in [-0.39, 0.29) is 5.69 Å². The van der Waals surface area contributed by atoms with Crippen LogP contribution in [-0.2, 0) is 6.54 Å². The van der Waals surface area contributed by atoms with Gasteiger partial charge < -0.3 is 0 Å². The van der Waals surface area contributed by atoms with Gasteiger partial charge in [-0.2, -0.15) is 0 Å². The number of nitro groups is 1. The number of non-ortho nitro benzene ring substituents is 1. The molecule has 1 aliphatic rings. The van der Waals surface area contributed by atoms with Crippen LogP contribution in [-0.4, -0.2) is 19.9 Å². The highest BCUT2D eigenvalue weighted by atomic mass is 16.6. The molecule has 92 valence electrons. The fourth-order valence-electron chi connectivity index (χ4n) is 1.87. The van der Waals surface area contributed by atoms with Crippen LogP contribution < -0.4 is 0 Å². The highest BCUT2D eigenvalue weighted by Crippen LogP contribution is 2.38. The lowest BCUT2D eigenvalue weighted by molar-refractivity contribution is -0.384. The van der Waals surface area contributed by atoms with Gasteiger partial charge in [-0.1, -0.05) is 17.3 Å². The summed E-state index contributed by atoms with van der Waals surface area (Å²) in [7, 11) is 0. The van der Waals surface area contributed by atoms with Crippen molar-refractivity contribution in [2.75, 3.05) is 0 Å². The van der Waals surface area contributed by atoms with Crippen LogP contribution in [0.5, 0.6) is 0 Å². The summed E-state index contributed by atoms with van der Waals surface area (Å²) < 4.78 is 1.77. The molecule has 0 saturated heterocycles. The standard InChI is InChI=1S/C12H12N4O2/c17-16(18)11-5-1-9(2-6-11)7-15-8-12(13-14-15)10-3-4-10/h1-2,5-6,8,10H,3-4,7H2. The van der Waals surface area contributed by atoms with E-state index >= 15 is 0 Å². The van der Waals surface area contributed by atoms with E-state index in [9.17, 15) is 10.1 Å². The lowest BCUT2D eigenvalue weighted by Crippen LogP contribution is -2.00. The van der Waals surface area contributed by atoms with E-state index in [2.05, 4.69) is 10.3 Å². The van der Waals surface area contributed by atoms with Crippen LogP contribution in [0.4, 0.5) is 5.69 Å². The number of nitrogens with zero attached hydrogens (tertiary/aromatic N) is 4. The summed E-state index contributed by atoms with van der Waals surface area (Å²) in [6.07, 6.45) is 4.37. The van der Waals surface area contributed by atoms with Gasteiger partial charge in [0.1, 0.15) is 0 Å². The monoisotopic (exact) mass is 244 g/mol. The van der Waals surface area contributed by atoms with Crippen molar-refractivity contribution in [2.24, 2.45) is 0 Å². The quantitative estimate of drug-likeness (QED) is 0.609. The first kappa shape index (κ1) is 10.9. The summed E-state index contributed by atoms with van der Waals surface area (Å²) in [5, 5.41) is 18.7. The molecule has 2 aromatic rings. The van der Waals surface area contributed by atoms with Crippen LogP contribution in [0.15, 0.2) is 30.5 Å². The van der Waals surface area contributed by atoms with Crippen molar-refractivity contribution in [1.29, 1.82) is 0 Å². The third-order valence-corrected chi connectivity index (χ3v) is 3.04. The molecule has 3 rings (SSSR count). The molecule has 6 heteroatoms. The van der Waals surface area contributed by atoms with E-state index in [1.54, 1.807) is 16.8 Å². The minimum absolute atomic E-state index is 0.107. The number of aromatic nitrogens is 3. The smallest absolute Gasteiger partial charge is 0.258 e. The van der Waals surface area contributed by atoms with Crippen LogP contribution in [0.1, 0.15) is 30.0 Å². The summed E-state index contributed by atoms with van der Waals surface area (Å²) in [6.45, 7) is 0.595. The second-order valence-corrected chi connectivity index (χ2v) is 4.54. The molecule has 1 aromatic heterocycles. The maximum atomic E-state index is 10.5. The number of hydrogen-bond donors (Lipinski definition) is 0. The predicted molar refractivity (Wildman–Crippen MR) is 64.2 cm³/mol. The van der Waals surface area contributed by atoms with Gasteiger partial charge in [-0.25, -0.2) is 4.68 Å². The Balaban J connectivity index is 1.72. The first-order chi connectivity index (χ1) is 8.72. The highest BCUT2D eigenvalue weighted by molar-refractivity contribution is 5.32. The lowest BCUT2D eigenvalue weighted by atomic mass is 10.2. The van der Waals surface area contributed by atoms with Gasteiger partial charge in [0.2, 0.25) is 0 Å². The lowest BCUT2D eigenvalue weighted by Gasteiger charge is -2.00. The first-order valence-corrected chi connectivity index (χ1v) is 5.86. The molecule has 1 saturated carbocycles. The van der Waals surface area contributed by atoms with Crippen LogP contribution in [0.2, 0.25) is 0 Å². The van der Waals surface area contributed by atoms with E-state index in [0.717, 1.165) is 11.3 Å². The van der Waals surface area contributed by atoms with Crippen LogP contribution in [0, 0.1) is 10.1 Å². The first-order valence-electron chi connectivity index (χ1n) is 5.86. The van der Waals surface area contributed by atoms with Crippen molar-refractivity contribution in [3.05, 3.63) is 51.8 Å². The zero-order chi connectivity index (χ0) is 12.5. The van der Waals surface area contributed by atoms with Gasteiger partial charge in [-0.3, -0.25) is 10.1 Å². The average molecular weight is 244 g/mol. The fourth-order valence-corrected chi connectivity index (χ4v) is 1.87. The van der Waals surface area contributed by atoms with Crippen LogP contribution in [0.25, 0.3) is 0 Å². The minimum atomic E-state index is -0.398. The fraction of sp³-hybridized carbons (Fsp3) is 0.333. The van der Waals surface area contributed by atoms with Crippen molar-refractivity contribution < 1.29 is 4.92 Å². The highest BCUT2D eigenvalue weighted by Gasteiger charge is 2.26. The van der Waals surface area contributed by atoms with E-state index in [1.807, 2.05) is 6.20 Å². The maximum Gasteiger partial charge on any atom is 0.269 e. The molecule has 0 radical (unpaired) electrons. The zero-order valence-electron chi connectivity index (χ0n) is 9.69. The number of hydrogen-bond acceptors (Lipinski definition) is 4. The Bertz CT molecular complexity index is 572. The average Bonchev–Trinajstić information content (AvgIpc) is 3.11. The molecule has 6 nitrogen and oxygen atoms in total. The molecule has 0 amide bonds. The largest absolute Gasteiger partial charge is 0.269 e. The van der Waals surface area contributed by atoms with Gasteiger partial charge in [0, 0.05) is 24.2 Å². The van der Waals surface area contributed by atoms with Crippen molar-refractivity contribution in [1.82, 2.24) is 15.0 Å². The predicted octanol–water partition coefficient (Wildman–Crippen LogP) is 2.11. The van der Waals surface area contributed by atoms with Gasteiger partial charge in [-0.05, 0) is 18.4 Å². The molecule has 0 aliphatic heterocycles.